The number of halogens is 1. The molecule has 6 heteroatoms. The van der Waals surface area contributed by atoms with Gasteiger partial charge in [0.1, 0.15) is 5.82 Å². The van der Waals surface area contributed by atoms with Gasteiger partial charge in [-0.05, 0) is 43.4 Å². The first-order chi connectivity index (χ1) is 11.0. The highest BCUT2D eigenvalue weighted by Crippen LogP contribution is 2.20. The fourth-order valence-corrected chi connectivity index (χ4v) is 2.72. The fraction of sp³-hybridized carbons (Fsp3) is 0.529. The predicted octanol–water partition coefficient (Wildman–Crippen LogP) is 2.81. The molecule has 126 valence electrons. The summed E-state index contributed by atoms with van der Waals surface area (Å²) in [7, 11) is 0. The number of ether oxygens (including phenoxy) is 1. The topological polar surface area (TPSA) is 75.6 Å². The monoisotopic (exact) mass is 323 g/mol. The molecule has 0 aliphatic carbocycles. The zero-order valence-electron chi connectivity index (χ0n) is 13.0. The Hall–Kier alpha value is -1.95. The van der Waals surface area contributed by atoms with Crippen molar-refractivity contribution in [3.05, 3.63) is 35.6 Å². The lowest BCUT2D eigenvalue weighted by atomic mass is 10.0. The van der Waals surface area contributed by atoms with Crippen LogP contribution in [-0.2, 0) is 14.3 Å². The van der Waals surface area contributed by atoms with Crippen LogP contribution in [0.3, 0.4) is 0 Å². The van der Waals surface area contributed by atoms with Crippen LogP contribution < -0.4 is 5.32 Å². The molecule has 1 fully saturated rings. The Morgan fingerprint density at radius 1 is 1.30 bits per heavy atom. The zero-order chi connectivity index (χ0) is 16.7. The SMILES string of the molecule is O=C(O)CC(NC(=O)CCC1CCCCO1)c1ccc(F)cc1. The predicted molar refractivity (Wildman–Crippen MR) is 82.4 cm³/mol. The van der Waals surface area contributed by atoms with Gasteiger partial charge in [-0.1, -0.05) is 12.1 Å². The Bertz CT molecular complexity index is 526. The summed E-state index contributed by atoms with van der Waals surface area (Å²) in [5, 5.41) is 11.7. The van der Waals surface area contributed by atoms with Crippen molar-refractivity contribution in [2.24, 2.45) is 0 Å². The van der Waals surface area contributed by atoms with Crippen molar-refractivity contribution in [1.29, 1.82) is 0 Å². The number of benzene rings is 1. The van der Waals surface area contributed by atoms with Gasteiger partial charge in [-0.25, -0.2) is 4.39 Å². The summed E-state index contributed by atoms with van der Waals surface area (Å²) in [6.45, 7) is 0.740. The minimum absolute atomic E-state index is 0.109. The molecule has 2 rings (SSSR count). The number of carbonyl (C=O) groups is 2. The van der Waals surface area contributed by atoms with Gasteiger partial charge in [-0.15, -0.1) is 0 Å². The van der Waals surface area contributed by atoms with E-state index < -0.39 is 17.8 Å². The second kappa shape index (κ2) is 8.62. The third-order valence-corrected chi connectivity index (χ3v) is 3.95. The lowest BCUT2D eigenvalue weighted by Gasteiger charge is -2.23. The van der Waals surface area contributed by atoms with Gasteiger partial charge in [0.15, 0.2) is 0 Å². The highest BCUT2D eigenvalue weighted by molar-refractivity contribution is 5.77. The summed E-state index contributed by atoms with van der Waals surface area (Å²) >= 11 is 0. The van der Waals surface area contributed by atoms with Crippen molar-refractivity contribution in [2.75, 3.05) is 6.61 Å². The van der Waals surface area contributed by atoms with E-state index in [4.69, 9.17) is 9.84 Å². The van der Waals surface area contributed by atoms with E-state index in [1.165, 1.54) is 24.3 Å². The summed E-state index contributed by atoms with van der Waals surface area (Å²) in [5.41, 5.74) is 0.580. The average molecular weight is 323 g/mol. The van der Waals surface area contributed by atoms with Crippen LogP contribution in [0.1, 0.15) is 50.1 Å². The number of hydrogen-bond acceptors (Lipinski definition) is 3. The maximum atomic E-state index is 13.0. The number of rotatable bonds is 7. The first kappa shape index (κ1) is 17.4. The lowest BCUT2D eigenvalue weighted by Crippen LogP contribution is -2.31. The summed E-state index contributed by atoms with van der Waals surface area (Å²) in [5.74, 6) is -1.63. The Labute approximate surface area is 134 Å². The quantitative estimate of drug-likeness (QED) is 0.809. The first-order valence-electron chi connectivity index (χ1n) is 7.93. The third kappa shape index (κ3) is 5.98. The van der Waals surface area contributed by atoms with E-state index in [1.54, 1.807) is 0 Å². The number of hydrogen-bond donors (Lipinski definition) is 2. The summed E-state index contributed by atoms with van der Waals surface area (Å²) in [6.07, 6.45) is 3.94. The maximum absolute atomic E-state index is 13.0. The lowest BCUT2D eigenvalue weighted by molar-refractivity contribution is -0.137. The van der Waals surface area contributed by atoms with Gasteiger partial charge < -0.3 is 15.2 Å². The van der Waals surface area contributed by atoms with Crippen molar-refractivity contribution < 1.29 is 23.8 Å². The molecule has 23 heavy (non-hydrogen) atoms. The number of nitrogens with one attached hydrogen (secondary N) is 1. The number of carboxylic acids is 1. The maximum Gasteiger partial charge on any atom is 0.305 e. The van der Waals surface area contributed by atoms with Crippen molar-refractivity contribution in [3.8, 4) is 0 Å². The second-order valence-corrected chi connectivity index (χ2v) is 5.80. The third-order valence-electron chi connectivity index (χ3n) is 3.95. The van der Waals surface area contributed by atoms with Crippen molar-refractivity contribution >= 4 is 11.9 Å². The Morgan fingerprint density at radius 3 is 2.65 bits per heavy atom. The number of aliphatic carboxylic acids is 1. The van der Waals surface area contributed by atoms with Crippen molar-refractivity contribution in [3.63, 3.8) is 0 Å². The van der Waals surface area contributed by atoms with E-state index in [2.05, 4.69) is 5.32 Å². The smallest absolute Gasteiger partial charge is 0.305 e. The summed E-state index contributed by atoms with van der Waals surface area (Å²) < 4.78 is 18.6. The molecule has 0 aromatic heterocycles. The molecule has 0 bridgehead atoms. The molecule has 5 nitrogen and oxygen atoms in total. The summed E-state index contributed by atoms with van der Waals surface area (Å²) in [4.78, 5) is 23.1. The molecule has 2 unspecified atom stereocenters. The largest absolute Gasteiger partial charge is 0.481 e. The van der Waals surface area contributed by atoms with Crippen LogP contribution in [0.4, 0.5) is 4.39 Å². The standard InChI is InChI=1S/C17H22FNO4/c18-13-6-4-12(5-7-13)15(11-17(21)22)19-16(20)9-8-14-3-1-2-10-23-14/h4-7,14-15H,1-3,8-11H2,(H,19,20)(H,21,22). The molecule has 2 N–H and O–H groups in total. The second-order valence-electron chi connectivity index (χ2n) is 5.80. The molecule has 1 aromatic carbocycles. The Balaban J connectivity index is 1.89. The number of carbonyl (C=O) groups excluding carboxylic acids is 1. The van der Waals surface area contributed by atoms with E-state index in [-0.39, 0.29) is 18.4 Å². The van der Waals surface area contributed by atoms with Crippen LogP contribution in [0.5, 0.6) is 0 Å². The molecule has 1 amide bonds. The van der Waals surface area contributed by atoms with Crippen LogP contribution in [-0.4, -0.2) is 29.7 Å². The Kier molecular flexibility index (Phi) is 6.52. The van der Waals surface area contributed by atoms with Crippen LogP contribution in [0.25, 0.3) is 0 Å². The molecule has 2 atom stereocenters. The fourth-order valence-electron chi connectivity index (χ4n) is 2.72. The molecule has 0 radical (unpaired) electrons. The summed E-state index contributed by atoms with van der Waals surface area (Å²) in [6, 6.07) is 4.84. The van der Waals surface area contributed by atoms with Gasteiger partial charge in [-0.3, -0.25) is 9.59 Å². The molecule has 1 aliphatic heterocycles. The highest BCUT2D eigenvalue weighted by Gasteiger charge is 2.20. The molecular formula is C17H22FNO4. The zero-order valence-corrected chi connectivity index (χ0v) is 13.0. The van der Waals surface area contributed by atoms with Gasteiger partial charge in [0, 0.05) is 13.0 Å². The van der Waals surface area contributed by atoms with Crippen molar-refractivity contribution in [1.82, 2.24) is 5.32 Å². The molecule has 0 saturated carbocycles. The van der Waals surface area contributed by atoms with Crippen LogP contribution in [0, 0.1) is 5.82 Å². The highest BCUT2D eigenvalue weighted by atomic mass is 19.1. The van der Waals surface area contributed by atoms with Gasteiger partial charge in [0.25, 0.3) is 0 Å². The van der Waals surface area contributed by atoms with E-state index in [0.717, 1.165) is 25.9 Å². The average Bonchev–Trinajstić information content (AvgIpc) is 2.53. The molecule has 0 spiro atoms. The van der Waals surface area contributed by atoms with Gasteiger partial charge in [-0.2, -0.15) is 0 Å². The minimum atomic E-state index is -1.02. The van der Waals surface area contributed by atoms with Gasteiger partial charge in [0.2, 0.25) is 5.91 Å². The molecule has 1 aliphatic rings. The van der Waals surface area contributed by atoms with Gasteiger partial charge in [0.05, 0.1) is 18.6 Å². The van der Waals surface area contributed by atoms with Crippen molar-refractivity contribution in [2.45, 2.75) is 50.7 Å². The molecule has 1 saturated heterocycles. The molecule has 1 aromatic rings. The minimum Gasteiger partial charge on any atom is -0.481 e. The van der Waals surface area contributed by atoms with E-state index in [1.807, 2.05) is 0 Å². The Morgan fingerprint density at radius 2 is 2.04 bits per heavy atom. The van der Waals surface area contributed by atoms with Crippen LogP contribution in [0.2, 0.25) is 0 Å². The van der Waals surface area contributed by atoms with Crippen LogP contribution >= 0.6 is 0 Å². The van der Waals surface area contributed by atoms with E-state index in [9.17, 15) is 14.0 Å². The van der Waals surface area contributed by atoms with E-state index in [0.29, 0.717) is 18.4 Å². The molecule has 1 heterocycles. The molecular weight excluding hydrogens is 301 g/mol. The normalized spacial score (nSPS) is 19.1. The number of carboxylic acid groups (broad SMARTS) is 1. The first-order valence-corrected chi connectivity index (χ1v) is 7.93. The van der Waals surface area contributed by atoms with E-state index >= 15 is 0 Å². The number of amides is 1. The van der Waals surface area contributed by atoms with Gasteiger partial charge >= 0.3 is 5.97 Å². The van der Waals surface area contributed by atoms with Crippen LogP contribution in [0.15, 0.2) is 24.3 Å².